The largest absolute Gasteiger partial charge is 0.463 e. The molecule has 1 heterocycles. The van der Waals surface area contributed by atoms with Crippen molar-refractivity contribution in [3.63, 3.8) is 0 Å². The van der Waals surface area contributed by atoms with Gasteiger partial charge in [0.15, 0.2) is 0 Å². The molecule has 1 atom stereocenters. The van der Waals surface area contributed by atoms with Crippen molar-refractivity contribution in [2.45, 2.75) is 20.3 Å². The van der Waals surface area contributed by atoms with Gasteiger partial charge in [0, 0.05) is 37.3 Å². The normalized spacial score (nSPS) is 21.4. The first-order valence-corrected chi connectivity index (χ1v) is 5.34. The number of ether oxygens (including phenoxy) is 1. The molecule has 1 aliphatic heterocycles. The van der Waals surface area contributed by atoms with Gasteiger partial charge in [-0.15, -0.1) is 0 Å². The number of hydrogen-bond donors (Lipinski definition) is 1. The van der Waals surface area contributed by atoms with Crippen LogP contribution in [-0.4, -0.2) is 41.6 Å². The fourth-order valence-corrected chi connectivity index (χ4v) is 1.68. The summed E-state index contributed by atoms with van der Waals surface area (Å²) in [5.74, 6) is -0.532. The van der Waals surface area contributed by atoms with Crippen molar-refractivity contribution in [3.05, 3.63) is 11.8 Å². The maximum Gasteiger partial charge on any atom is 0.332 e. The Hall–Kier alpha value is -1.36. The van der Waals surface area contributed by atoms with E-state index in [0.29, 0.717) is 25.3 Å². The van der Waals surface area contributed by atoms with E-state index in [1.54, 1.807) is 13.8 Å². The van der Waals surface area contributed by atoms with Gasteiger partial charge >= 0.3 is 5.97 Å². The van der Waals surface area contributed by atoms with E-state index in [1.807, 2.05) is 0 Å². The number of likely N-dealkylation sites (tertiary alicyclic amines) is 1. The monoisotopic (exact) mass is 227 g/mol. The summed E-state index contributed by atoms with van der Waals surface area (Å²) >= 11 is 0. The summed E-state index contributed by atoms with van der Waals surface area (Å²) in [6, 6.07) is 0. The van der Waals surface area contributed by atoms with Gasteiger partial charge < -0.3 is 14.7 Å². The molecule has 5 heteroatoms. The molecule has 90 valence electrons. The first-order valence-electron chi connectivity index (χ1n) is 5.34. The molecule has 1 aliphatic rings. The van der Waals surface area contributed by atoms with Gasteiger partial charge in [0.25, 0.3) is 0 Å². The highest BCUT2D eigenvalue weighted by atomic mass is 16.5. The van der Waals surface area contributed by atoms with Crippen LogP contribution in [-0.2, 0) is 14.3 Å². The summed E-state index contributed by atoms with van der Waals surface area (Å²) < 4.78 is 4.76. The summed E-state index contributed by atoms with van der Waals surface area (Å²) in [6.07, 6.45) is 1.64. The highest BCUT2D eigenvalue weighted by molar-refractivity contribution is 5.85. The molecule has 1 fully saturated rings. The number of carbonyl (C=O) groups is 2. The molecule has 0 spiro atoms. The summed E-state index contributed by atoms with van der Waals surface area (Å²) in [6.45, 7) is 4.19. The average molecular weight is 227 g/mol. The first-order chi connectivity index (χ1) is 7.58. The van der Waals surface area contributed by atoms with Crippen LogP contribution in [0, 0.1) is 5.92 Å². The van der Waals surface area contributed by atoms with Crippen LogP contribution in [0.4, 0.5) is 0 Å². The Morgan fingerprint density at radius 1 is 1.69 bits per heavy atom. The molecule has 1 amide bonds. The zero-order chi connectivity index (χ0) is 12.1. The number of nitrogens with zero attached hydrogens (tertiary/aromatic N) is 1. The molecule has 5 nitrogen and oxygen atoms in total. The highest BCUT2D eigenvalue weighted by Gasteiger charge is 2.30. The van der Waals surface area contributed by atoms with Gasteiger partial charge in [0.2, 0.25) is 5.91 Å². The van der Waals surface area contributed by atoms with Crippen molar-refractivity contribution in [2.75, 3.05) is 19.8 Å². The number of amides is 1. The Labute approximate surface area is 94.7 Å². The molecule has 0 radical (unpaired) electrons. The third-order valence-electron chi connectivity index (χ3n) is 2.50. The van der Waals surface area contributed by atoms with E-state index in [9.17, 15) is 9.59 Å². The molecule has 0 aromatic carbocycles. The van der Waals surface area contributed by atoms with E-state index in [1.165, 1.54) is 11.0 Å². The van der Waals surface area contributed by atoms with E-state index in [2.05, 4.69) is 0 Å². The molecule has 0 saturated carbocycles. The predicted octanol–water partition coefficient (Wildman–Crippen LogP) is 0.294. The molecule has 1 rings (SSSR count). The minimum Gasteiger partial charge on any atom is -0.463 e. The summed E-state index contributed by atoms with van der Waals surface area (Å²) in [5.41, 5.74) is 0.569. The van der Waals surface area contributed by atoms with E-state index in [-0.39, 0.29) is 18.4 Å². The molecule has 0 aliphatic carbocycles. The van der Waals surface area contributed by atoms with Gasteiger partial charge in [0.1, 0.15) is 0 Å². The molecular formula is C11H17NO4. The van der Waals surface area contributed by atoms with Crippen molar-refractivity contribution < 1.29 is 19.4 Å². The molecule has 1 saturated heterocycles. The van der Waals surface area contributed by atoms with Gasteiger partial charge in [-0.05, 0) is 13.8 Å². The molecule has 0 aromatic rings. The second kappa shape index (κ2) is 5.65. The average Bonchev–Trinajstić information content (AvgIpc) is 2.60. The maximum absolute atomic E-state index is 11.5. The van der Waals surface area contributed by atoms with Crippen molar-refractivity contribution in [1.29, 1.82) is 0 Å². The van der Waals surface area contributed by atoms with E-state index in [0.717, 1.165) is 0 Å². The van der Waals surface area contributed by atoms with Gasteiger partial charge in [0.05, 0.1) is 6.61 Å². The number of aliphatic hydroxyl groups is 1. The molecule has 16 heavy (non-hydrogen) atoms. The van der Waals surface area contributed by atoms with Crippen LogP contribution >= 0.6 is 0 Å². The van der Waals surface area contributed by atoms with Gasteiger partial charge in [-0.1, -0.05) is 0 Å². The molecule has 0 bridgehead atoms. The van der Waals surface area contributed by atoms with Crippen LogP contribution in [0.1, 0.15) is 20.3 Å². The van der Waals surface area contributed by atoms with Crippen LogP contribution in [0.25, 0.3) is 0 Å². The van der Waals surface area contributed by atoms with Crippen LogP contribution < -0.4 is 0 Å². The first kappa shape index (κ1) is 12.7. The summed E-state index contributed by atoms with van der Waals surface area (Å²) in [4.78, 5) is 24.2. The quantitative estimate of drug-likeness (QED) is 0.554. The number of esters is 1. The highest BCUT2D eigenvalue weighted by Crippen LogP contribution is 2.21. The zero-order valence-electron chi connectivity index (χ0n) is 9.60. The van der Waals surface area contributed by atoms with E-state index in [4.69, 9.17) is 9.84 Å². The lowest BCUT2D eigenvalue weighted by atomic mass is 10.1. The Morgan fingerprint density at radius 3 is 2.88 bits per heavy atom. The SMILES string of the molecule is CCOC(=O)C=C(C)N1CC(CO)CC1=O. The van der Waals surface area contributed by atoms with Crippen LogP contribution in [0.5, 0.6) is 0 Å². The number of hydrogen-bond acceptors (Lipinski definition) is 4. The fourth-order valence-electron chi connectivity index (χ4n) is 1.68. The number of allylic oxidation sites excluding steroid dienone is 1. The zero-order valence-corrected chi connectivity index (χ0v) is 9.60. The van der Waals surface area contributed by atoms with Crippen molar-refractivity contribution >= 4 is 11.9 Å². The van der Waals surface area contributed by atoms with Crippen molar-refractivity contribution in [3.8, 4) is 0 Å². The van der Waals surface area contributed by atoms with Gasteiger partial charge in [-0.3, -0.25) is 4.79 Å². The minimum absolute atomic E-state index is 0.00503. The van der Waals surface area contributed by atoms with Crippen LogP contribution in [0.15, 0.2) is 11.8 Å². The van der Waals surface area contributed by atoms with E-state index < -0.39 is 5.97 Å². The Morgan fingerprint density at radius 2 is 2.38 bits per heavy atom. The van der Waals surface area contributed by atoms with Crippen LogP contribution in [0.2, 0.25) is 0 Å². The Bertz CT molecular complexity index is 311. The lowest BCUT2D eigenvalue weighted by Gasteiger charge is -2.16. The second-order valence-electron chi connectivity index (χ2n) is 3.79. The predicted molar refractivity (Wildman–Crippen MR) is 57.3 cm³/mol. The Balaban J connectivity index is 2.63. The number of aliphatic hydroxyl groups excluding tert-OH is 1. The van der Waals surface area contributed by atoms with Gasteiger partial charge in [-0.25, -0.2) is 4.79 Å². The number of rotatable bonds is 4. The maximum atomic E-state index is 11.5. The molecule has 0 aromatic heterocycles. The molecular weight excluding hydrogens is 210 g/mol. The fraction of sp³-hybridized carbons (Fsp3) is 0.636. The van der Waals surface area contributed by atoms with Crippen molar-refractivity contribution in [2.24, 2.45) is 5.92 Å². The third-order valence-corrected chi connectivity index (χ3v) is 2.50. The van der Waals surface area contributed by atoms with Crippen molar-refractivity contribution in [1.82, 2.24) is 4.90 Å². The van der Waals surface area contributed by atoms with E-state index >= 15 is 0 Å². The summed E-state index contributed by atoms with van der Waals surface area (Å²) in [7, 11) is 0. The molecule has 1 N–H and O–H groups in total. The topological polar surface area (TPSA) is 66.8 Å². The van der Waals surface area contributed by atoms with Crippen LogP contribution in [0.3, 0.4) is 0 Å². The molecule has 1 unspecified atom stereocenters. The van der Waals surface area contributed by atoms with Gasteiger partial charge in [-0.2, -0.15) is 0 Å². The Kier molecular flexibility index (Phi) is 4.49. The minimum atomic E-state index is -0.444. The second-order valence-corrected chi connectivity index (χ2v) is 3.79. The standard InChI is InChI=1S/C11H17NO4/c1-3-16-11(15)4-8(2)12-6-9(7-13)5-10(12)14/h4,9,13H,3,5-7H2,1-2H3. The lowest BCUT2D eigenvalue weighted by molar-refractivity contribution is -0.137. The number of carbonyl (C=O) groups excluding carboxylic acids is 2. The summed E-state index contributed by atoms with van der Waals surface area (Å²) in [5, 5.41) is 8.96. The third kappa shape index (κ3) is 3.06. The lowest BCUT2D eigenvalue weighted by Crippen LogP contribution is -2.24. The smallest absolute Gasteiger partial charge is 0.332 e.